The summed E-state index contributed by atoms with van der Waals surface area (Å²) in [5, 5.41) is 2.11. The van der Waals surface area contributed by atoms with Gasteiger partial charge in [-0.05, 0) is 30.2 Å². The van der Waals surface area contributed by atoms with Gasteiger partial charge in [-0.15, -0.1) is 11.8 Å². The first-order valence-corrected chi connectivity index (χ1v) is 10.9. The fourth-order valence-corrected chi connectivity index (χ4v) is 4.56. The van der Waals surface area contributed by atoms with E-state index in [0.29, 0.717) is 0 Å². The Morgan fingerprint density at radius 2 is 1.50 bits per heavy atom. The molecule has 5 aromatic rings. The summed E-state index contributed by atoms with van der Waals surface area (Å²) in [7, 11) is 0. The van der Waals surface area contributed by atoms with Crippen molar-refractivity contribution in [1.82, 2.24) is 14.5 Å². The third-order valence-electron chi connectivity index (χ3n) is 5.16. The Morgan fingerprint density at radius 3 is 2.23 bits per heavy atom. The number of fused-ring (bicyclic) bond motifs is 1. The van der Waals surface area contributed by atoms with Crippen molar-refractivity contribution in [1.29, 1.82) is 0 Å². The van der Waals surface area contributed by atoms with Crippen LogP contribution < -0.4 is 0 Å². The van der Waals surface area contributed by atoms with Gasteiger partial charge in [0.15, 0.2) is 0 Å². The topological polar surface area (TPSA) is 30.7 Å². The molecule has 3 nitrogen and oxygen atoms in total. The molecule has 0 spiro atoms. The van der Waals surface area contributed by atoms with Gasteiger partial charge in [-0.1, -0.05) is 78.4 Å². The van der Waals surface area contributed by atoms with Gasteiger partial charge in [-0.3, -0.25) is 0 Å². The maximum atomic E-state index is 4.67. The number of rotatable bonds is 5. The summed E-state index contributed by atoms with van der Waals surface area (Å²) in [5.74, 6) is 0.872. The zero-order valence-corrected chi connectivity index (χ0v) is 17.5. The van der Waals surface area contributed by atoms with E-state index in [4.69, 9.17) is 0 Å². The van der Waals surface area contributed by atoms with Crippen LogP contribution in [0.1, 0.15) is 11.1 Å². The lowest BCUT2D eigenvalue weighted by Gasteiger charge is -2.07. The molecule has 0 fully saturated rings. The number of hydrogen-bond donors (Lipinski definition) is 0. The average molecular weight is 408 g/mol. The van der Waals surface area contributed by atoms with Crippen molar-refractivity contribution in [2.24, 2.45) is 0 Å². The van der Waals surface area contributed by atoms with Gasteiger partial charge in [0.25, 0.3) is 0 Å². The Hall–Kier alpha value is -3.37. The van der Waals surface area contributed by atoms with Crippen LogP contribution in [0.5, 0.6) is 0 Å². The third kappa shape index (κ3) is 3.62. The molecular weight excluding hydrogens is 386 g/mol. The number of aromatic nitrogens is 3. The van der Waals surface area contributed by atoms with Crippen molar-refractivity contribution in [3.8, 4) is 16.8 Å². The first-order chi connectivity index (χ1) is 14.8. The predicted molar refractivity (Wildman–Crippen MR) is 125 cm³/mol. The molecule has 0 N–H and O–H groups in total. The van der Waals surface area contributed by atoms with Gasteiger partial charge in [-0.25, -0.2) is 9.97 Å². The number of thioether (sulfide) groups is 1. The number of aryl methyl sites for hydroxylation is 1. The molecular formula is C26H21N3S. The lowest BCUT2D eigenvalue weighted by atomic mass is 10.1. The van der Waals surface area contributed by atoms with Crippen LogP contribution in [0, 0.1) is 6.92 Å². The monoisotopic (exact) mass is 407 g/mol. The highest BCUT2D eigenvalue weighted by atomic mass is 32.2. The first kappa shape index (κ1) is 18.6. The summed E-state index contributed by atoms with van der Waals surface area (Å²) < 4.78 is 2.16. The Labute approximate surface area is 180 Å². The first-order valence-electron chi connectivity index (χ1n) is 9.95. The van der Waals surface area contributed by atoms with Gasteiger partial charge in [0.05, 0.1) is 5.39 Å². The minimum Gasteiger partial charge on any atom is -0.301 e. The Kier molecular flexibility index (Phi) is 5.08. The fraction of sp³-hybridized carbons (Fsp3) is 0.0769. The predicted octanol–water partition coefficient (Wildman–Crippen LogP) is 6.69. The molecule has 0 aliphatic rings. The molecule has 3 aromatic carbocycles. The fourth-order valence-electron chi connectivity index (χ4n) is 3.60. The SMILES string of the molecule is Cc1ccc(CSc2ncnc3c2c(-c2ccccc2)cn3-c2ccccc2)cc1. The van der Waals surface area contributed by atoms with Gasteiger partial charge in [0, 0.05) is 23.2 Å². The summed E-state index contributed by atoms with van der Waals surface area (Å²) >= 11 is 1.76. The van der Waals surface area contributed by atoms with Crippen LogP contribution in [-0.2, 0) is 5.75 Å². The Morgan fingerprint density at radius 1 is 0.800 bits per heavy atom. The zero-order chi connectivity index (χ0) is 20.3. The molecule has 0 aliphatic heterocycles. The maximum absolute atomic E-state index is 4.67. The second-order valence-electron chi connectivity index (χ2n) is 7.27. The molecule has 0 saturated carbocycles. The van der Waals surface area contributed by atoms with Gasteiger partial charge in [-0.2, -0.15) is 0 Å². The van der Waals surface area contributed by atoms with Crippen molar-refractivity contribution >= 4 is 22.8 Å². The van der Waals surface area contributed by atoms with Crippen LogP contribution in [0.4, 0.5) is 0 Å². The molecule has 2 heterocycles. The minimum absolute atomic E-state index is 0.872. The standard InChI is InChI=1S/C26H21N3S/c1-19-12-14-20(15-13-19)17-30-26-24-23(21-8-4-2-5-9-21)16-29(25(24)27-18-28-26)22-10-6-3-7-11-22/h2-16,18H,17H2,1H3. The molecule has 5 rings (SSSR count). The average Bonchev–Trinajstić information content (AvgIpc) is 3.20. The number of para-hydroxylation sites is 1. The molecule has 0 unspecified atom stereocenters. The molecule has 0 atom stereocenters. The van der Waals surface area contributed by atoms with Gasteiger partial charge < -0.3 is 4.57 Å². The zero-order valence-electron chi connectivity index (χ0n) is 16.7. The van der Waals surface area contributed by atoms with E-state index in [1.807, 2.05) is 12.1 Å². The van der Waals surface area contributed by atoms with Crippen molar-refractivity contribution in [3.63, 3.8) is 0 Å². The van der Waals surface area contributed by atoms with Crippen molar-refractivity contribution < 1.29 is 0 Å². The third-order valence-corrected chi connectivity index (χ3v) is 6.22. The van der Waals surface area contributed by atoms with E-state index in [1.54, 1.807) is 18.1 Å². The highest BCUT2D eigenvalue weighted by molar-refractivity contribution is 7.98. The summed E-state index contributed by atoms with van der Waals surface area (Å²) in [4.78, 5) is 9.34. The van der Waals surface area contributed by atoms with Crippen LogP contribution in [0.25, 0.3) is 27.8 Å². The smallest absolute Gasteiger partial charge is 0.149 e. The molecule has 0 bridgehead atoms. The quantitative estimate of drug-likeness (QED) is 0.240. The van der Waals surface area contributed by atoms with Crippen molar-refractivity contribution in [2.75, 3.05) is 0 Å². The van der Waals surface area contributed by atoms with Crippen LogP contribution in [0.15, 0.2) is 102 Å². The summed E-state index contributed by atoms with van der Waals surface area (Å²) in [6.07, 6.45) is 3.86. The number of nitrogens with zero attached hydrogens (tertiary/aromatic N) is 3. The Balaban J connectivity index is 1.64. The normalized spacial score (nSPS) is 11.1. The van der Waals surface area contributed by atoms with Crippen LogP contribution in [-0.4, -0.2) is 14.5 Å². The molecule has 0 radical (unpaired) electrons. The lowest BCUT2D eigenvalue weighted by Crippen LogP contribution is -1.94. The van der Waals surface area contributed by atoms with E-state index in [2.05, 4.69) is 100 Å². The molecule has 0 amide bonds. The van der Waals surface area contributed by atoms with E-state index in [1.165, 1.54) is 16.7 Å². The molecule has 0 aliphatic carbocycles. The lowest BCUT2D eigenvalue weighted by molar-refractivity contribution is 1.04. The summed E-state index contributed by atoms with van der Waals surface area (Å²) in [6, 6.07) is 29.5. The second-order valence-corrected chi connectivity index (χ2v) is 8.23. The number of benzene rings is 3. The Bertz CT molecular complexity index is 1280. The van der Waals surface area contributed by atoms with E-state index in [9.17, 15) is 0 Å². The minimum atomic E-state index is 0.872. The van der Waals surface area contributed by atoms with Crippen molar-refractivity contribution in [3.05, 3.63) is 109 Å². The van der Waals surface area contributed by atoms with Gasteiger partial charge in [0.2, 0.25) is 0 Å². The highest BCUT2D eigenvalue weighted by Gasteiger charge is 2.17. The maximum Gasteiger partial charge on any atom is 0.149 e. The summed E-state index contributed by atoms with van der Waals surface area (Å²) in [6.45, 7) is 2.11. The van der Waals surface area contributed by atoms with E-state index in [-0.39, 0.29) is 0 Å². The number of hydrogen-bond acceptors (Lipinski definition) is 3. The molecule has 0 saturated heterocycles. The van der Waals surface area contributed by atoms with E-state index < -0.39 is 0 Å². The second kappa shape index (κ2) is 8.17. The van der Waals surface area contributed by atoms with E-state index in [0.717, 1.165) is 33.1 Å². The van der Waals surface area contributed by atoms with Crippen LogP contribution >= 0.6 is 11.8 Å². The largest absolute Gasteiger partial charge is 0.301 e. The molecule has 4 heteroatoms. The molecule has 146 valence electrons. The highest BCUT2D eigenvalue weighted by Crippen LogP contribution is 2.37. The van der Waals surface area contributed by atoms with E-state index >= 15 is 0 Å². The van der Waals surface area contributed by atoms with Gasteiger partial charge >= 0.3 is 0 Å². The van der Waals surface area contributed by atoms with Gasteiger partial charge in [0.1, 0.15) is 17.0 Å². The summed E-state index contributed by atoms with van der Waals surface area (Å²) in [5.41, 5.74) is 6.92. The van der Waals surface area contributed by atoms with Crippen molar-refractivity contribution in [2.45, 2.75) is 17.7 Å². The molecule has 2 aromatic heterocycles. The molecule has 30 heavy (non-hydrogen) atoms. The van der Waals surface area contributed by atoms with Crippen LogP contribution in [0.3, 0.4) is 0 Å². The van der Waals surface area contributed by atoms with Crippen LogP contribution in [0.2, 0.25) is 0 Å².